The molecule has 0 amide bonds. The van der Waals surface area contributed by atoms with Gasteiger partial charge in [0.2, 0.25) is 0 Å². The fourth-order valence-electron chi connectivity index (χ4n) is 19.5. The SMILES string of the molecule is CC(C)(C)c1cc(-c2c3nc(c(-c4cc(C(C)(C)C)cc(C(C)(C)C)c4)c4ccc([nH]4)c(-c4cc(C(C)(C)C)cc(C(C)(C)C)c4)c4nc(c(-c5cccc(-c6c7nc(c(-c8cc(C(C)(C)C)cc(C(C)(C)C)c8)c8ccc([nH]8)c(-c8cc(C(C)(C)C)cc(C(C)(C)C)c8)c8nc(c(-c9cc(C(C)(C)C)cc(C(C)(C)C)c9)c9ccc6[nH]9)C=C8)C=C7)c5)c5ccc2[nH]5)C=C4)C=C3)cc(C(C)(C)C)c1. The first kappa shape index (κ1) is 97.4. The first-order chi connectivity index (χ1) is 63.9. The zero-order valence-corrected chi connectivity index (χ0v) is 89.7. The molecular weight excluding hydrogens is 1670 g/mol. The molecule has 6 aromatic heterocycles. The minimum atomic E-state index is -0.188. The Morgan fingerprint density at radius 1 is 0.138 bits per heavy atom. The van der Waals surface area contributed by atoms with Gasteiger partial charge in [-0.05, 0) is 279 Å². The maximum atomic E-state index is 6.13. The van der Waals surface area contributed by atoms with Crippen molar-refractivity contribution in [3.05, 3.63) is 294 Å². The van der Waals surface area contributed by atoms with Gasteiger partial charge in [0.15, 0.2) is 0 Å². The van der Waals surface area contributed by atoms with Crippen LogP contribution in [0, 0.1) is 0 Å². The summed E-state index contributed by atoms with van der Waals surface area (Å²) in [6.45, 7) is 84.0. The summed E-state index contributed by atoms with van der Waals surface area (Å²) in [6.07, 6.45) is 18.1. The van der Waals surface area contributed by atoms with Crippen LogP contribution in [-0.4, -0.2) is 39.9 Å². The van der Waals surface area contributed by atoms with Gasteiger partial charge < -0.3 is 19.9 Å². The van der Waals surface area contributed by atoms with Gasteiger partial charge in [-0.3, -0.25) is 0 Å². The molecule has 7 aromatic carbocycles. The molecule has 8 nitrogen and oxygen atoms in total. The number of rotatable bonds is 8. The van der Waals surface area contributed by atoms with Crippen molar-refractivity contribution in [2.24, 2.45) is 0 Å². The average molecular weight is 1820 g/mol. The van der Waals surface area contributed by atoms with E-state index < -0.39 is 0 Å². The Bertz CT molecular complexity index is 6840. The van der Waals surface area contributed by atoms with Gasteiger partial charge in [0.1, 0.15) is 0 Å². The number of fused-ring (bicyclic) bond motifs is 16. The van der Waals surface area contributed by atoms with Gasteiger partial charge in [0.25, 0.3) is 0 Å². The summed E-state index contributed by atoms with van der Waals surface area (Å²) in [5, 5.41) is 0. The third-order valence-electron chi connectivity index (χ3n) is 28.7. The molecule has 16 bridgehead atoms. The highest BCUT2D eigenvalue weighted by atomic mass is 14.8. The van der Waals surface area contributed by atoms with Crippen LogP contribution in [0.5, 0.6) is 0 Å². The molecule has 13 aromatic rings. The highest BCUT2D eigenvalue weighted by molar-refractivity contribution is 6.05. The summed E-state index contributed by atoms with van der Waals surface area (Å²) in [7, 11) is 0. The lowest BCUT2D eigenvalue weighted by atomic mass is 9.78. The third-order valence-corrected chi connectivity index (χ3v) is 28.7. The van der Waals surface area contributed by atoms with Gasteiger partial charge in [0.05, 0.1) is 45.6 Å². The molecule has 4 aliphatic heterocycles. The van der Waals surface area contributed by atoms with Gasteiger partial charge in [-0.25, -0.2) is 19.9 Å². The fourth-order valence-corrected chi connectivity index (χ4v) is 19.5. The maximum Gasteiger partial charge on any atom is 0.0737 e. The van der Waals surface area contributed by atoms with Crippen molar-refractivity contribution >= 4 is 92.7 Å². The maximum absolute atomic E-state index is 6.13. The third kappa shape index (κ3) is 19.4. The smallest absolute Gasteiger partial charge is 0.0737 e. The zero-order valence-electron chi connectivity index (χ0n) is 89.7. The molecule has 710 valence electrons. The number of nitrogens with zero attached hydrogens (tertiary/aromatic N) is 4. The van der Waals surface area contributed by atoms with Gasteiger partial charge in [-0.15, -0.1) is 0 Å². The minimum absolute atomic E-state index is 0.161. The molecule has 10 heterocycles. The summed E-state index contributed by atoms with van der Waals surface area (Å²) in [6, 6.07) is 71.2. The minimum Gasteiger partial charge on any atom is -0.354 e. The highest BCUT2D eigenvalue weighted by Crippen LogP contribution is 2.50. The number of benzene rings is 7. The molecular formula is C130H150N8. The normalized spacial score (nSPS) is 13.8. The Morgan fingerprint density at radius 3 is 0.370 bits per heavy atom. The highest BCUT2D eigenvalue weighted by Gasteiger charge is 2.34. The van der Waals surface area contributed by atoms with Crippen molar-refractivity contribution in [3.63, 3.8) is 0 Å². The number of hydrogen-bond donors (Lipinski definition) is 4. The summed E-state index contributed by atoms with van der Waals surface area (Å²) in [4.78, 5) is 41.3. The molecule has 0 fully saturated rings. The van der Waals surface area contributed by atoms with Crippen LogP contribution in [0.2, 0.25) is 0 Å². The van der Waals surface area contributed by atoms with Gasteiger partial charge in [-0.2, -0.15) is 0 Å². The molecule has 0 saturated heterocycles. The van der Waals surface area contributed by atoms with E-state index in [9.17, 15) is 0 Å². The van der Waals surface area contributed by atoms with E-state index >= 15 is 0 Å². The number of H-pyrrole nitrogens is 4. The quantitative estimate of drug-likeness (QED) is 0.121. The number of aromatic nitrogens is 8. The van der Waals surface area contributed by atoms with Crippen LogP contribution in [0.15, 0.2) is 182 Å². The Hall–Kier alpha value is -12.3. The van der Waals surface area contributed by atoms with Crippen molar-refractivity contribution < 1.29 is 0 Å². The number of aromatic amines is 4. The van der Waals surface area contributed by atoms with Crippen molar-refractivity contribution in [3.8, 4) is 89.0 Å². The molecule has 0 radical (unpaired) electrons. The van der Waals surface area contributed by atoms with E-state index in [0.717, 1.165) is 179 Å². The Morgan fingerprint density at radius 2 is 0.254 bits per heavy atom. The second-order valence-electron chi connectivity index (χ2n) is 52.4. The van der Waals surface area contributed by atoms with Crippen LogP contribution in [0.4, 0.5) is 0 Å². The van der Waals surface area contributed by atoms with Crippen molar-refractivity contribution in [2.75, 3.05) is 0 Å². The summed E-state index contributed by atoms with van der Waals surface area (Å²) >= 11 is 0. The molecule has 0 spiro atoms. The lowest BCUT2D eigenvalue weighted by Crippen LogP contribution is -2.16. The molecule has 0 aliphatic carbocycles. The molecule has 138 heavy (non-hydrogen) atoms. The monoisotopic (exact) mass is 1820 g/mol. The molecule has 4 aliphatic rings. The van der Waals surface area contributed by atoms with E-state index in [0.29, 0.717) is 0 Å². The van der Waals surface area contributed by atoms with E-state index in [1.54, 1.807) is 0 Å². The molecule has 4 N–H and O–H groups in total. The number of hydrogen-bond acceptors (Lipinski definition) is 4. The molecule has 17 rings (SSSR count). The molecule has 8 heteroatoms. The van der Waals surface area contributed by atoms with E-state index in [1.807, 2.05) is 0 Å². The van der Waals surface area contributed by atoms with Crippen molar-refractivity contribution in [1.29, 1.82) is 0 Å². The van der Waals surface area contributed by atoms with Crippen LogP contribution in [0.25, 0.3) is 182 Å². The first-order valence-corrected chi connectivity index (χ1v) is 50.3. The van der Waals surface area contributed by atoms with E-state index in [4.69, 9.17) is 19.9 Å². The van der Waals surface area contributed by atoms with Crippen molar-refractivity contribution in [2.45, 2.75) is 314 Å². The molecule has 0 saturated carbocycles. The van der Waals surface area contributed by atoms with Crippen LogP contribution in [-0.2, 0) is 65.0 Å². The fraction of sp³-hybridized carbons (Fsp3) is 0.369. The summed E-state index contributed by atoms with van der Waals surface area (Å²) < 4.78 is 0. The van der Waals surface area contributed by atoms with Crippen LogP contribution >= 0.6 is 0 Å². The van der Waals surface area contributed by atoms with E-state index in [2.05, 4.69) is 500 Å². The second kappa shape index (κ2) is 33.8. The Labute approximate surface area is 824 Å². The van der Waals surface area contributed by atoms with Gasteiger partial charge >= 0.3 is 0 Å². The lowest BCUT2D eigenvalue weighted by Gasteiger charge is -2.26. The molecule has 0 atom stereocenters. The largest absolute Gasteiger partial charge is 0.354 e. The second-order valence-corrected chi connectivity index (χ2v) is 52.4. The van der Waals surface area contributed by atoms with E-state index in [-0.39, 0.29) is 65.0 Å². The lowest BCUT2D eigenvalue weighted by molar-refractivity contribution is 0.568. The summed E-state index contributed by atoms with van der Waals surface area (Å²) in [5.74, 6) is 0. The average Bonchev–Trinajstić information content (AvgIpc) is 1.60. The predicted molar refractivity (Wildman–Crippen MR) is 599 cm³/mol. The molecule has 0 unspecified atom stereocenters. The Balaban J connectivity index is 1.04. The van der Waals surface area contributed by atoms with Crippen LogP contribution in [0.1, 0.15) is 362 Å². The Kier molecular flexibility index (Phi) is 23.8. The summed E-state index contributed by atoms with van der Waals surface area (Å²) in [5.41, 5.74) is 43.8. The predicted octanol–water partition coefficient (Wildman–Crippen LogP) is 36.5. The van der Waals surface area contributed by atoms with Gasteiger partial charge in [0, 0.05) is 88.6 Å². The van der Waals surface area contributed by atoms with Crippen LogP contribution < -0.4 is 0 Å². The van der Waals surface area contributed by atoms with Crippen molar-refractivity contribution in [1.82, 2.24) is 39.9 Å². The standard InChI is InChI=1S/C130H150N8/c1-119(2,3)83-57-77(58-84(69-83)120(4,5)6)113-99-44-40-95(131-99)111(96-41-45-100(132-96)114(78-59-85(121(7,8)9)70-86(60-78)122(10,11)12)104-49-53-108(136-104)117(107-52-48-103(113)135-107)81-65-91(127(25,26)27)73-92(66-81)128(28,29)30)75-38-37-39-76(56-75)112-97-42-46-101(133-97)115(79-61-87(123(13,14)15)71-88(62-79)124(16,17)18)105-50-54-109(137-105)118(82-67-93(129(31,32)33)74-94(68-82)130(34,35)36)110-55-51-106(138-110)116(102-47-43-98(112)134-102)80-63-89(125(19,20)21)72-90(64-80)126(22,23)24/h37-74,131,133,136,138H,1-36H3. The van der Waals surface area contributed by atoms with E-state index in [1.165, 1.54) is 66.8 Å². The number of nitrogens with one attached hydrogen (secondary N) is 4. The van der Waals surface area contributed by atoms with Gasteiger partial charge in [-0.1, -0.05) is 377 Å². The topological polar surface area (TPSA) is 115 Å². The zero-order chi connectivity index (χ0) is 99.9. The first-order valence-electron chi connectivity index (χ1n) is 50.3. The van der Waals surface area contributed by atoms with Crippen LogP contribution in [0.3, 0.4) is 0 Å².